The number of anilines is 4. The van der Waals surface area contributed by atoms with E-state index in [1.807, 2.05) is 6.20 Å². The molecule has 2 aliphatic heterocycles. The van der Waals surface area contributed by atoms with Gasteiger partial charge in [-0.25, -0.2) is 4.98 Å². The molecule has 368 valence electrons. The Morgan fingerprint density at radius 1 is 0.614 bits per heavy atom. The predicted octanol–water partition coefficient (Wildman–Crippen LogP) is 18.3. The fourth-order valence-corrected chi connectivity index (χ4v) is 11.8. The first-order chi connectivity index (χ1) is 33.0. The monoisotopic (exact) mass is 935 g/mol. The van der Waals surface area contributed by atoms with Crippen molar-refractivity contribution in [1.82, 2.24) is 4.98 Å². The molecule has 70 heavy (non-hydrogen) atoms. The number of pyridine rings is 1. The van der Waals surface area contributed by atoms with Crippen molar-refractivity contribution < 1.29 is 4.74 Å². The van der Waals surface area contributed by atoms with E-state index in [0.29, 0.717) is 41.4 Å². The summed E-state index contributed by atoms with van der Waals surface area (Å²) in [6.07, 6.45) is 1.92. The molecule has 0 unspecified atom stereocenters. The smallest absolute Gasteiger partial charge is 0.141 e. The van der Waals surface area contributed by atoms with E-state index in [2.05, 4.69) is 238 Å². The predicted molar refractivity (Wildman–Crippen MR) is 300 cm³/mol. The number of aromatic nitrogens is 1. The average molecular weight is 935 g/mol. The highest BCUT2D eigenvalue weighted by molar-refractivity contribution is 6.13. The first kappa shape index (κ1) is 50.7. The van der Waals surface area contributed by atoms with Crippen molar-refractivity contribution in [3.8, 4) is 22.6 Å². The fourth-order valence-electron chi connectivity index (χ4n) is 11.8. The van der Waals surface area contributed by atoms with Crippen LogP contribution in [0, 0.1) is 24.7 Å². The molecule has 0 aliphatic carbocycles. The Labute approximate surface area is 422 Å². The lowest BCUT2D eigenvalue weighted by molar-refractivity contribution is 0.247. The third-order valence-electron chi connectivity index (χ3n) is 15.3. The molecule has 0 radical (unpaired) electrons. The van der Waals surface area contributed by atoms with Gasteiger partial charge in [-0.05, 0) is 146 Å². The normalized spacial score (nSPS) is 15.8. The van der Waals surface area contributed by atoms with E-state index in [1.165, 1.54) is 50.2 Å². The van der Waals surface area contributed by atoms with Gasteiger partial charge in [0.25, 0.3) is 0 Å². The molecule has 1 aromatic heterocycles. The number of nitrogens with zero attached hydrogens (tertiary/aromatic N) is 4. The van der Waals surface area contributed by atoms with E-state index in [-0.39, 0.29) is 16.9 Å². The van der Waals surface area contributed by atoms with Crippen molar-refractivity contribution in [2.75, 3.05) is 16.3 Å². The topological polar surface area (TPSA) is 41.0 Å². The van der Waals surface area contributed by atoms with Gasteiger partial charge in [0.05, 0.1) is 17.4 Å². The molecular formula is C65H82N4O. The second kappa shape index (κ2) is 19.5. The Hall–Kier alpha value is -5.68. The average Bonchev–Trinajstić information content (AvgIpc) is 3.71. The highest BCUT2D eigenvalue weighted by Crippen LogP contribution is 2.53. The van der Waals surface area contributed by atoms with E-state index in [0.717, 1.165) is 57.8 Å². The van der Waals surface area contributed by atoms with Crippen LogP contribution in [0.1, 0.15) is 191 Å². The summed E-state index contributed by atoms with van der Waals surface area (Å²) in [6, 6.07) is 38.9. The summed E-state index contributed by atoms with van der Waals surface area (Å²) in [4.78, 5) is 16.0. The summed E-state index contributed by atoms with van der Waals surface area (Å²) in [6.45, 7) is 42.7. The molecule has 3 heterocycles. The molecule has 0 amide bonds. The Morgan fingerprint density at radius 2 is 1.19 bits per heavy atom. The number of ether oxygens (including phenoxy) is 1. The molecule has 0 saturated carbocycles. The summed E-state index contributed by atoms with van der Waals surface area (Å²) < 4.78 is 7.33. The lowest BCUT2D eigenvalue weighted by Gasteiger charge is -2.41. The van der Waals surface area contributed by atoms with Gasteiger partial charge in [0.1, 0.15) is 23.2 Å². The van der Waals surface area contributed by atoms with Crippen LogP contribution < -0.4 is 14.5 Å². The fraction of sp³-hybridized carbons (Fsp3) is 0.446. The van der Waals surface area contributed by atoms with Crippen LogP contribution in [0.15, 0.2) is 114 Å². The maximum absolute atomic E-state index is 7.33. The van der Waals surface area contributed by atoms with Crippen LogP contribution in [0.25, 0.3) is 11.1 Å². The Balaban J connectivity index is 1.36. The van der Waals surface area contributed by atoms with Crippen molar-refractivity contribution in [3.63, 3.8) is 0 Å². The van der Waals surface area contributed by atoms with Crippen molar-refractivity contribution in [3.05, 3.63) is 159 Å². The second-order valence-corrected chi connectivity index (χ2v) is 24.1. The molecule has 0 saturated heterocycles. The standard InChI is InChI=1S/C65H82N4O/c1-38(2)51-22-19-23-52(39(3)4)60(51)45-32-46(62-67-57(59(42(9)10)43(11)12)37-68(62)61-53(40(5)6)24-20-25-54(61)41(7)8)34-50(33-45)70-49-31-44(13)30-48(36-49)69-58-28-27-47(64(14,15)16)35-56(58)65(17,18)55-26-21-29-66-63(55)69/h19-36,38-43,57,59H,37H2,1-18H3/t57-/m0/s1. The molecule has 0 spiro atoms. The van der Waals surface area contributed by atoms with Gasteiger partial charge in [0, 0.05) is 41.0 Å². The number of para-hydroxylation sites is 1. The maximum atomic E-state index is 7.33. The highest BCUT2D eigenvalue weighted by Gasteiger charge is 2.40. The minimum absolute atomic E-state index is 0.00952. The molecule has 8 rings (SSSR count). The third kappa shape index (κ3) is 9.59. The molecule has 0 bridgehead atoms. The number of hydrogen-bond donors (Lipinski definition) is 0. The van der Waals surface area contributed by atoms with E-state index >= 15 is 0 Å². The minimum atomic E-state index is -0.246. The quantitative estimate of drug-likeness (QED) is 0.116. The van der Waals surface area contributed by atoms with Gasteiger partial charge in [0.2, 0.25) is 0 Å². The summed E-state index contributed by atoms with van der Waals surface area (Å²) in [5.74, 6) is 6.26. The molecule has 6 aromatic rings. The van der Waals surface area contributed by atoms with Gasteiger partial charge in [-0.15, -0.1) is 0 Å². The van der Waals surface area contributed by atoms with E-state index in [4.69, 9.17) is 14.7 Å². The molecular weight excluding hydrogens is 853 g/mol. The van der Waals surface area contributed by atoms with Crippen LogP contribution >= 0.6 is 0 Å². The molecule has 5 nitrogen and oxygen atoms in total. The van der Waals surface area contributed by atoms with Crippen molar-refractivity contribution in [1.29, 1.82) is 0 Å². The van der Waals surface area contributed by atoms with Crippen LogP contribution in [-0.4, -0.2) is 23.4 Å². The lowest BCUT2D eigenvalue weighted by atomic mass is 9.72. The number of fused-ring (bicyclic) bond motifs is 2. The SMILES string of the molecule is Cc1cc(Oc2cc(C3=N[C@H](C(C(C)C)C(C)C)CN3c3c(C(C)C)cccc3C(C)C)cc(-c3c(C(C)C)cccc3C(C)C)c2)cc(N2c3ccc(C(C)(C)C)cc3C(C)(C)c3cccnc32)c1. The van der Waals surface area contributed by atoms with Gasteiger partial charge in [-0.2, -0.15) is 0 Å². The largest absolute Gasteiger partial charge is 0.457 e. The summed E-state index contributed by atoms with van der Waals surface area (Å²) in [5, 5.41) is 0. The van der Waals surface area contributed by atoms with E-state index < -0.39 is 0 Å². The molecule has 1 atom stereocenters. The van der Waals surface area contributed by atoms with Crippen LogP contribution in [0.4, 0.5) is 22.9 Å². The molecule has 5 heteroatoms. The van der Waals surface area contributed by atoms with Gasteiger partial charge < -0.3 is 9.64 Å². The van der Waals surface area contributed by atoms with Crippen LogP contribution in [-0.2, 0) is 10.8 Å². The highest BCUT2D eigenvalue weighted by atomic mass is 16.5. The molecule has 2 aliphatic rings. The van der Waals surface area contributed by atoms with E-state index in [9.17, 15) is 0 Å². The number of hydrogen-bond acceptors (Lipinski definition) is 5. The Bertz CT molecular complexity index is 2840. The zero-order valence-electron chi connectivity index (χ0n) is 45.9. The number of benzene rings is 5. The first-order valence-corrected chi connectivity index (χ1v) is 26.4. The number of rotatable bonds is 13. The zero-order valence-corrected chi connectivity index (χ0v) is 45.9. The lowest BCUT2D eigenvalue weighted by Crippen LogP contribution is -2.36. The summed E-state index contributed by atoms with van der Waals surface area (Å²) >= 11 is 0. The Morgan fingerprint density at radius 3 is 1.76 bits per heavy atom. The maximum Gasteiger partial charge on any atom is 0.141 e. The first-order valence-electron chi connectivity index (χ1n) is 26.4. The molecule has 5 aromatic carbocycles. The number of aryl methyl sites for hydroxylation is 1. The van der Waals surface area contributed by atoms with Crippen LogP contribution in [0.2, 0.25) is 0 Å². The van der Waals surface area contributed by atoms with Crippen molar-refractivity contribution in [2.24, 2.45) is 22.7 Å². The van der Waals surface area contributed by atoms with Gasteiger partial charge in [-0.3, -0.25) is 9.89 Å². The molecule has 0 fully saturated rings. The third-order valence-corrected chi connectivity index (χ3v) is 15.3. The van der Waals surface area contributed by atoms with Gasteiger partial charge >= 0.3 is 0 Å². The number of amidine groups is 1. The Kier molecular flexibility index (Phi) is 14.1. The van der Waals surface area contributed by atoms with E-state index in [1.54, 1.807) is 0 Å². The second-order valence-electron chi connectivity index (χ2n) is 24.1. The summed E-state index contributed by atoms with van der Waals surface area (Å²) in [5.41, 5.74) is 17.1. The number of aliphatic imine (C=N–C) groups is 1. The van der Waals surface area contributed by atoms with Crippen molar-refractivity contribution >= 4 is 28.7 Å². The van der Waals surface area contributed by atoms with Crippen LogP contribution in [0.5, 0.6) is 11.5 Å². The molecule has 0 N–H and O–H groups in total. The van der Waals surface area contributed by atoms with Gasteiger partial charge in [0.15, 0.2) is 0 Å². The van der Waals surface area contributed by atoms with Crippen LogP contribution in [0.3, 0.4) is 0 Å². The van der Waals surface area contributed by atoms with Crippen molar-refractivity contribution in [2.45, 2.75) is 165 Å². The van der Waals surface area contributed by atoms with Gasteiger partial charge in [-0.1, -0.05) is 172 Å². The minimum Gasteiger partial charge on any atom is -0.457 e. The summed E-state index contributed by atoms with van der Waals surface area (Å²) in [7, 11) is 0. The zero-order chi connectivity index (χ0) is 50.7.